The van der Waals surface area contributed by atoms with Gasteiger partial charge in [0.2, 0.25) is 11.9 Å². The van der Waals surface area contributed by atoms with Gasteiger partial charge in [-0.1, -0.05) is 13.8 Å². The van der Waals surface area contributed by atoms with E-state index in [2.05, 4.69) is 25.2 Å². The molecule has 1 N–H and O–H groups in total. The Hall–Kier alpha value is -1.39. The summed E-state index contributed by atoms with van der Waals surface area (Å²) in [5.41, 5.74) is 0. The Morgan fingerprint density at radius 2 is 1.69 bits per heavy atom. The summed E-state index contributed by atoms with van der Waals surface area (Å²) >= 11 is 0. The Bertz CT molecular complexity index is 320. The molecule has 0 radical (unpaired) electrons. The molecule has 1 saturated heterocycles. The lowest BCUT2D eigenvalue weighted by Crippen LogP contribution is -2.21. The Labute approximate surface area is 97.3 Å². The average molecular weight is 223 g/mol. The van der Waals surface area contributed by atoms with E-state index in [1.54, 1.807) is 0 Å². The van der Waals surface area contributed by atoms with Crippen LogP contribution in [0.2, 0.25) is 0 Å². The molecule has 0 amide bonds. The third kappa shape index (κ3) is 3.05. The van der Waals surface area contributed by atoms with Gasteiger partial charge < -0.3 is 10.2 Å². The smallest absolute Gasteiger partial charge is 0.230 e. The highest BCUT2D eigenvalue weighted by molar-refractivity contribution is 5.37. The molecule has 0 unspecified atom stereocenters. The lowest BCUT2D eigenvalue weighted by molar-refractivity contribution is 0.862. The maximum Gasteiger partial charge on any atom is 0.230 e. The van der Waals surface area contributed by atoms with Crippen LogP contribution in [-0.2, 0) is 0 Å². The van der Waals surface area contributed by atoms with Crippen molar-refractivity contribution in [2.45, 2.75) is 33.6 Å². The maximum absolute atomic E-state index is 4.33. The van der Waals surface area contributed by atoms with Crippen molar-refractivity contribution >= 4 is 11.9 Å². The van der Waals surface area contributed by atoms with Crippen LogP contribution in [0.3, 0.4) is 0 Å². The van der Waals surface area contributed by atoms with Crippen molar-refractivity contribution in [3.8, 4) is 0 Å². The van der Waals surface area contributed by atoms with Gasteiger partial charge in [-0.2, -0.15) is 15.0 Å². The molecule has 0 aliphatic carbocycles. The van der Waals surface area contributed by atoms with E-state index < -0.39 is 0 Å². The van der Waals surface area contributed by atoms with Gasteiger partial charge in [-0.15, -0.1) is 0 Å². The first-order valence-corrected chi connectivity index (χ1v) is 5.95. The van der Waals surface area contributed by atoms with Crippen molar-refractivity contribution < 1.29 is 0 Å². The van der Waals surface area contributed by atoms with E-state index in [1.807, 2.05) is 27.8 Å². The number of nitrogens with zero attached hydrogens (tertiary/aromatic N) is 4. The van der Waals surface area contributed by atoms with Crippen LogP contribution in [0.5, 0.6) is 0 Å². The van der Waals surface area contributed by atoms with Crippen LogP contribution in [-0.4, -0.2) is 35.1 Å². The summed E-state index contributed by atoms with van der Waals surface area (Å²) in [5.74, 6) is 2.23. The van der Waals surface area contributed by atoms with Crippen molar-refractivity contribution in [2.24, 2.45) is 0 Å². The molecule has 1 aromatic heterocycles. The lowest BCUT2D eigenvalue weighted by atomic mass is 10.4. The van der Waals surface area contributed by atoms with E-state index in [1.165, 1.54) is 12.8 Å². The highest BCUT2D eigenvalue weighted by atomic mass is 15.3. The van der Waals surface area contributed by atoms with Crippen molar-refractivity contribution in [2.75, 3.05) is 30.4 Å². The fourth-order valence-electron chi connectivity index (χ4n) is 1.64. The predicted octanol–water partition coefficient (Wildman–Crippen LogP) is 1.85. The number of aromatic nitrogens is 3. The Kier molecular flexibility index (Phi) is 4.95. The van der Waals surface area contributed by atoms with Crippen molar-refractivity contribution in [1.29, 1.82) is 0 Å². The monoisotopic (exact) mass is 223 g/mol. The van der Waals surface area contributed by atoms with Gasteiger partial charge in [-0.3, -0.25) is 0 Å². The number of nitrogens with one attached hydrogen (secondary N) is 1. The Morgan fingerprint density at radius 3 is 2.25 bits per heavy atom. The molecule has 1 aliphatic rings. The van der Waals surface area contributed by atoms with Crippen LogP contribution >= 0.6 is 0 Å². The van der Waals surface area contributed by atoms with E-state index in [0.29, 0.717) is 5.95 Å². The summed E-state index contributed by atoms with van der Waals surface area (Å²) in [4.78, 5) is 15.0. The van der Waals surface area contributed by atoms with Gasteiger partial charge in [0.05, 0.1) is 0 Å². The first kappa shape index (κ1) is 12.7. The largest absolute Gasteiger partial charge is 0.357 e. The fourth-order valence-corrected chi connectivity index (χ4v) is 1.64. The standard InChI is InChI=1S/C9H15N5.C2H6/c1-7-11-8(10-2)13-9(12-7)14-5-3-4-6-14;1-2/h3-6H2,1-2H3,(H,10,11,12,13);1-2H3. The second kappa shape index (κ2) is 6.25. The topological polar surface area (TPSA) is 53.9 Å². The van der Waals surface area contributed by atoms with Crippen molar-refractivity contribution in [3.63, 3.8) is 0 Å². The molecule has 0 bridgehead atoms. The van der Waals surface area contributed by atoms with Crippen LogP contribution in [0, 0.1) is 6.92 Å². The van der Waals surface area contributed by atoms with Gasteiger partial charge in [0.1, 0.15) is 5.82 Å². The summed E-state index contributed by atoms with van der Waals surface area (Å²) in [7, 11) is 1.82. The summed E-state index contributed by atoms with van der Waals surface area (Å²) < 4.78 is 0. The molecular weight excluding hydrogens is 202 g/mol. The van der Waals surface area contributed by atoms with E-state index >= 15 is 0 Å². The highest BCUT2D eigenvalue weighted by Gasteiger charge is 2.15. The van der Waals surface area contributed by atoms with Crippen LogP contribution in [0.25, 0.3) is 0 Å². The molecule has 2 rings (SSSR count). The minimum Gasteiger partial charge on any atom is -0.357 e. The average Bonchev–Trinajstić information content (AvgIpc) is 2.84. The normalized spacial score (nSPS) is 14.4. The third-order valence-corrected chi connectivity index (χ3v) is 2.35. The molecule has 16 heavy (non-hydrogen) atoms. The molecule has 5 nitrogen and oxygen atoms in total. The van der Waals surface area contributed by atoms with Crippen LogP contribution in [0.1, 0.15) is 32.5 Å². The van der Waals surface area contributed by atoms with Crippen molar-refractivity contribution in [3.05, 3.63) is 5.82 Å². The minimum atomic E-state index is 0.652. The summed E-state index contributed by atoms with van der Waals surface area (Å²) in [6.07, 6.45) is 2.47. The molecule has 1 aliphatic heterocycles. The number of hydrogen-bond donors (Lipinski definition) is 1. The second-order valence-corrected chi connectivity index (χ2v) is 3.45. The van der Waals surface area contributed by atoms with E-state index in [4.69, 9.17) is 0 Å². The first-order valence-electron chi connectivity index (χ1n) is 5.95. The number of aryl methyl sites for hydroxylation is 1. The van der Waals surface area contributed by atoms with Crippen LogP contribution in [0.15, 0.2) is 0 Å². The Morgan fingerprint density at radius 1 is 1.06 bits per heavy atom. The SMILES string of the molecule is CC.CNc1nc(C)nc(N2CCCC2)n1. The Balaban J connectivity index is 0.000000606. The maximum atomic E-state index is 4.33. The van der Waals surface area contributed by atoms with Gasteiger partial charge in [-0.05, 0) is 19.8 Å². The molecule has 1 fully saturated rings. The minimum absolute atomic E-state index is 0.652. The van der Waals surface area contributed by atoms with E-state index in [0.717, 1.165) is 24.9 Å². The molecule has 90 valence electrons. The predicted molar refractivity (Wildman–Crippen MR) is 66.9 cm³/mol. The molecule has 1 aromatic rings. The van der Waals surface area contributed by atoms with Gasteiger partial charge in [0, 0.05) is 20.1 Å². The second-order valence-electron chi connectivity index (χ2n) is 3.45. The van der Waals surface area contributed by atoms with Gasteiger partial charge in [0.25, 0.3) is 0 Å². The molecule has 2 heterocycles. The fraction of sp³-hybridized carbons (Fsp3) is 0.727. The summed E-state index contributed by atoms with van der Waals surface area (Å²) in [5, 5.41) is 2.94. The van der Waals surface area contributed by atoms with Gasteiger partial charge in [0.15, 0.2) is 0 Å². The molecule has 0 saturated carbocycles. The number of rotatable bonds is 2. The zero-order chi connectivity index (χ0) is 12.0. The number of anilines is 2. The zero-order valence-electron chi connectivity index (χ0n) is 10.6. The molecular formula is C11H21N5. The third-order valence-electron chi connectivity index (χ3n) is 2.35. The summed E-state index contributed by atoms with van der Waals surface area (Å²) in [6.45, 7) is 8.02. The molecule has 0 aromatic carbocycles. The van der Waals surface area contributed by atoms with Crippen LogP contribution < -0.4 is 10.2 Å². The number of hydrogen-bond acceptors (Lipinski definition) is 5. The zero-order valence-corrected chi connectivity index (χ0v) is 10.6. The summed E-state index contributed by atoms with van der Waals surface area (Å²) in [6, 6.07) is 0. The quantitative estimate of drug-likeness (QED) is 0.829. The lowest BCUT2D eigenvalue weighted by Gasteiger charge is -2.15. The molecule has 0 spiro atoms. The van der Waals surface area contributed by atoms with E-state index in [-0.39, 0.29) is 0 Å². The van der Waals surface area contributed by atoms with E-state index in [9.17, 15) is 0 Å². The highest BCUT2D eigenvalue weighted by Crippen LogP contribution is 2.16. The molecule has 5 heteroatoms. The van der Waals surface area contributed by atoms with Crippen LogP contribution in [0.4, 0.5) is 11.9 Å². The van der Waals surface area contributed by atoms with Crippen molar-refractivity contribution in [1.82, 2.24) is 15.0 Å². The van der Waals surface area contributed by atoms with Gasteiger partial charge in [-0.25, -0.2) is 0 Å². The first-order chi connectivity index (χ1) is 7.79. The molecule has 0 atom stereocenters. The van der Waals surface area contributed by atoms with Gasteiger partial charge >= 0.3 is 0 Å².